The third-order valence-electron chi connectivity index (χ3n) is 2.39. The maximum atomic E-state index is 5.82. The van der Waals surface area contributed by atoms with Gasteiger partial charge in [0.25, 0.3) is 0 Å². The van der Waals surface area contributed by atoms with Gasteiger partial charge in [-0.05, 0) is 19.2 Å². The predicted molar refractivity (Wildman–Crippen MR) is 72.2 cm³/mol. The molecule has 16 heavy (non-hydrogen) atoms. The van der Waals surface area contributed by atoms with Crippen LogP contribution in [0, 0.1) is 0 Å². The quantitative estimate of drug-likeness (QED) is 0.798. The Labute approximate surface area is 106 Å². The molecule has 90 valence electrons. The summed E-state index contributed by atoms with van der Waals surface area (Å²) in [6.07, 6.45) is 1.64. The van der Waals surface area contributed by atoms with Crippen molar-refractivity contribution in [1.82, 2.24) is 9.88 Å². The zero-order chi connectivity index (χ0) is 12.0. The van der Waals surface area contributed by atoms with Crippen LogP contribution in [-0.2, 0) is 0 Å². The zero-order valence-corrected chi connectivity index (χ0v) is 11.3. The summed E-state index contributed by atoms with van der Waals surface area (Å²) >= 11 is 7.46. The minimum Gasteiger partial charge on any atom is -0.397 e. The van der Waals surface area contributed by atoms with E-state index >= 15 is 0 Å². The summed E-state index contributed by atoms with van der Waals surface area (Å²) in [5.74, 6) is 1.00. The Kier molecular flexibility index (Phi) is 5.95. The summed E-state index contributed by atoms with van der Waals surface area (Å²) in [4.78, 5) is 6.59. The highest BCUT2D eigenvalue weighted by Crippen LogP contribution is 2.24. The molecule has 0 aliphatic heterocycles. The number of hydrogen-bond donors (Lipinski definition) is 1. The Hall–Kier alpha value is -0.450. The number of thioether (sulfide) groups is 1. The number of pyridine rings is 1. The van der Waals surface area contributed by atoms with Gasteiger partial charge in [-0.15, -0.1) is 11.8 Å². The summed E-state index contributed by atoms with van der Waals surface area (Å²) in [6.45, 7) is 7.56. The van der Waals surface area contributed by atoms with Crippen molar-refractivity contribution in [3.63, 3.8) is 0 Å². The third-order valence-corrected chi connectivity index (χ3v) is 3.59. The lowest BCUT2D eigenvalue weighted by Gasteiger charge is -2.17. The van der Waals surface area contributed by atoms with Gasteiger partial charge < -0.3 is 10.6 Å². The molecule has 0 bridgehead atoms. The number of nitrogens with zero attached hydrogens (tertiary/aromatic N) is 2. The van der Waals surface area contributed by atoms with Crippen molar-refractivity contribution in [3.05, 3.63) is 17.3 Å². The monoisotopic (exact) mass is 259 g/mol. The molecule has 0 spiro atoms. The first-order valence-corrected chi connectivity index (χ1v) is 6.79. The number of hydrogen-bond acceptors (Lipinski definition) is 4. The second-order valence-electron chi connectivity index (χ2n) is 3.42. The van der Waals surface area contributed by atoms with Crippen LogP contribution >= 0.6 is 23.4 Å². The zero-order valence-electron chi connectivity index (χ0n) is 9.74. The van der Waals surface area contributed by atoms with E-state index in [9.17, 15) is 0 Å². The van der Waals surface area contributed by atoms with Crippen molar-refractivity contribution in [2.24, 2.45) is 0 Å². The molecule has 1 heterocycles. The minimum absolute atomic E-state index is 0.589. The number of nitrogens with two attached hydrogens (primary N) is 1. The van der Waals surface area contributed by atoms with Gasteiger partial charge >= 0.3 is 0 Å². The van der Waals surface area contributed by atoms with Gasteiger partial charge in [0.2, 0.25) is 0 Å². The van der Waals surface area contributed by atoms with Crippen LogP contribution in [0.2, 0.25) is 5.02 Å². The Morgan fingerprint density at radius 2 is 2.12 bits per heavy atom. The molecule has 0 amide bonds. The molecule has 1 aromatic heterocycles. The van der Waals surface area contributed by atoms with Crippen molar-refractivity contribution in [3.8, 4) is 0 Å². The van der Waals surface area contributed by atoms with Crippen molar-refractivity contribution >= 4 is 29.1 Å². The molecule has 0 aliphatic rings. The van der Waals surface area contributed by atoms with Crippen LogP contribution in [0.1, 0.15) is 13.8 Å². The number of nitrogen functional groups attached to an aromatic ring is 1. The van der Waals surface area contributed by atoms with Gasteiger partial charge in [-0.2, -0.15) is 0 Å². The Morgan fingerprint density at radius 1 is 1.44 bits per heavy atom. The van der Waals surface area contributed by atoms with Gasteiger partial charge in [-0.25, -0.2) is 4.98 Å². The maximum Gasteiger partial charge on any atom is 0.119 e. The summed E-state index contributed by atoms with van der Waals surface area (Å²) < 4.78 is 0. The lowest BCUT2D eigenvalue weighted by molar-refractivity contribution is 0.324. The number of rotatable bonds is 6. The molecule has 0 atom stereocenters. The van der Waals surface area contributed by atoms with Crippen LogP contribution in [0.25, 0.3) is 0 Å². The normalized spacial score (nSPS) is 11.0. The van der Waals surface area contributed by atoms with E-state index in [-0.39, 0.29) is 0 Å². The van der Waals surface area contributed by atoms with E-state index in [0.29, 0.717) is 10.7 Å². The second kappa shape index (κ2) is 6.99. The van der Waals surface area contributed by atoms with Gasteiger partial charge in [0, 0.05) is 18.5 Å². The van der Waals surface area contributed by atoms with Gasteiger partial charge in [0.1, 0.15) is 5.03 Å². The molecule has 0 radical (unpaired) electrons. The van der Waals surface area contributed by atoms with E-state index < -0.39 is 0 Å². The summed E-state index contributed by atoms with van der Waals surface area (Å²) in [5, 5.41) is 1.46. The second-order valence-corrected chi connectivity index (χ2v) is 4.94. The van der Waals surface area contributed by atoms with Crippen LogP contribution in [-0.4, -0.2) is 35.3 Å². The molecule has 0 aliphatic carbocycles. The first-order valence-electron chi connectivity index (χ1n) is 5.43. The summed E-state index contributed by atoms with van der Waals surface area (Å²) in [6, 6.07) is 1.74. The van der Waals surface area contributed by atoms with Crippen molar-refractivity contribution in [2.75, 3.05) is 31.1 Å². The summed E-state index contributed by atoms with van der Waals surface area (Å²) in [5.41, 5.74) is 6.49. The van der Waals surface area contributed by atoms with Gasteiger partial charge in [-0.1, -0.05) is 25.4 Å². The predicted octanol–water partition coefficient (Wildman–Crippen LogP) is 2.75. The molecule has 5 heteroatoms. The van der Waals surface area contributed by atoms with E-state index in [0.717, 1.165) is 30.4 Å². The van der Waals surface area contributed by atoms with Crippen LogP contribution in [0.4, 0.5) is 5.69 Å². The SMILES string of the molecule is CCN(CC)CCSc1ncc(Cl)cc1N. The van der Waals surface area contributed by atoms with Crippen LogP contribution in [0.3, 0.4) is 0 Å². The molecule has 0 unspecified atom stereocenters. The maximum absolute atomic E-state index is 5.82. The first-order chi connectivity index (χ1) is 7.67. The fourth-order valence-electron chi connectivity index (χ4n) is 1.37. The topological polar surface area (TPSA) is 42.2 Å². The number of halogens is 1. The molecule has 0 saturated carbocycles. The smallest absolute Gasteiger partial charge is 0.119 e. The van der Waals surface area contributed by atoms with Gasteiger partial charge in [0.15, 0.2) is 0 Å². The summed E-state index contributed by atoms with van der Waals surface area (Å²) in [7, 11) is 0. The highest BCUT2D eigenvalue weighted by atomic mass is 35.5. The van der Waals surface area contributed by atoms with Gasteiger partial charge in [0.05, 0.1) is 10.7 Å². The average Bonchev–Trinajstić information content (AvgIpc) is 2.27. The lowest BCUT2D eigenvalue weighted by Crippen LogP contribution is -2.25. The lowest BCUT2D eigenvalue weighted by atomic mass is 10.4. The largest absolute Gasteiger partial charge is 0.397 e. The Morgan fingerprint density at radius 3 is 2.69 bits per heavy atom. The molecule has 2 N–H and O–H groups in total. The fourth-order valence-corrected chi connectivity index (χ4v) is 2.44. The van der Waals surface area contributed by atoms with Crippen LogP contribution < -0.4 is 5.73 Å². The number of aromatic nitrogens is 1. The molecule has 3 nitrogen and oxygen atoms in total. The average molecular weight is 260 g/mol. The van der Waals surface area contributed by atoms with Crippen molar-refractivity contribution in [2.45, 2.75) is 18.9 Å². The fraction of sp³-hybridized carbons (Fsp3) is 0.545. The van der Waals surface area contributed by atoms with E-state index in [1.54, 1.807) is 24.0 Å². The van der Waals surface area contributed by atoms with E-state index in [4.69, 9.17) is 17.3 Å². The van der Waals surface area contributed by atoms with Crippen LogP contribution in [0.15, 0.2) is 17.3 Å². The molecular weight excluding hydrogens is 242 g/mol. The first kappa shape index (κ1) is 13.6. The van der Waals surface area contributed by atoms with Gasteiger partial charge in [-0.3, -0.25) is 0 Å². The molecule has 0 saturated heterocycles. The van der Waals surface area contributed by atoms with Crippen molar-refractivity contribution < 1.29 is 0 Å². The molecule has 0 fully saturated rings. The Balaban J connectivity index is 2.42. The molecule has 1 rings (SSSR count). The molecule has 1 aromatic rings. The highest BCUT2D eigenvalue weighted by molar-refractivity contribution is 7.99. The van der Waals surface area contributed by atoms with E-state index in [2.05, 4.69) is 23.7 Å². The minimum atomic E-state index is 0.589. The Bertz CT molecular complexity index is 329. The standard InChI is InChI=1S/C11H18ClN3S/c1-3-15(4-2)5-6-16-11-10(13)7-9(12)8-14-11/h7-8H,3-6,13H2,1-2H3. The third kappa shape index (κ3) is 4.20. The van der Waals surface area contributed by atoms with Crippen LogP contribution in [0.5, 0.6) is 0 Å². The number of anilines is 1. The van der Waals surface area contributed by atoms with Crippen molar-refractivity contribution in [1.29, 1.82) is 0 Å². The molecular formula is C11H18ClN3S. The van der Waals surface area contributed by atoms with E-state index in [1.165, 1.54) is 0 Å². The highest BCUT2D eigenvalue weighted by Gasteiger charge is 2.04. The molecule has 0 aromatic carbocycles. The van der Waals surface area contributed by atoms with E-state index in [1.807, 2.05) is 0 Å².